The standard InChI is InChI=1S/C16H24ClN5/c1-12(22(2)3)8-9-16(18)10-11-19-15(21-16)20-14-7-5-4-6-13(14)17/h4-7,10-12H,8-9,18H2,1-3H3,(H2,19,20,21). The highest BCUT2D eigenvalue weighted by Crippen LogP contribution is 2.22. The van der Waals surface area contributed by atoms with Crippen molar-refractivity contribution >= 4 is 23.2 Å². The maximum absolute atomic E-state index is 6.38. The van der Waals surface area contributed by atoms with E-state index in [2.05, 4.69) is 41.5 Å². The van der Waals surface area contributed by atoms with Crippen molar-refractivity contribution in [2.24, 2.45) is 10.7 Å². The van der Waals surface area contributed by atoms with Crippen molar-refractivity contribution in [2.75, 3.05) is 19.4 Å². The van der Waals surface area contributed by atoms with Crippen LogP contribution in [-0.4, -0.2) is 36.7 Å². The van der Waals surface area contributed by atoms with Crippen LogP contribution in [0.2, 0.25) is 5.02 Å². The first-order valence-electron chi connectivity index (χ1n) is 7.40. The Morgan fingerprint density at radius 3 is 2.82 bits per heavy atom. The summed E-state index contributed by atoms with van der Waals surface area (Å²) in [5, 5.41) is 6.89. The van der Waals surface area contributed by atoms with Crippen LogP contribution >= 0.6 is 11.6 Å². The number of hydrogen-bond donors (Lipinski definition) is 3. The lowest BCUT2D eigenvalue weighted by atomic mass is 10.0. The summed E-state index contributed by atoms with van der Waals surface area (Å²) in [5.41, 5.74) is 6.49. The number of benzene rings is 1. The minimum atomic E-state index is -0.695. The van der Waals surface area contributed by atoms with Gasteiger partial charge in [-0.1, -0.05) is 23.7 Å². The molecule has 0 saturated heterocycles. The maximum Gasteiger partial charge on any atom is 0.202 e. The van der Waals surface area contributed by atoms with Crippen LogP contribution in [0.15, 0.2) is 41.5 Å². The number of rotatable bonds is 5. The molecule has 0 saturated carbocycles. The Morgan fingerprint density at radius 1 is 1.41 bits per heavy atom. The number of nitrogens with one attached hydrogen (secondary N) is 2. The average Bonchev–Trinajstić information content (AvgIpc) is 2.47. The van der Waals surface area contributed by atoms with Crippen LogP contribution in [0.5, 0.6) is 0 Å². The van der Waals surface area contributed by atoms with Gasteiger partial charge in [0.05, 0.1) is 10.7 Å². The van der Waals surface area contributed by atoms with Crippen LogP contribution in [0.1, 0.15) is 19.8 Å². The molecular formula is C16H24ClN5. The van der Waals surface area contributed by atoms with Crippen LogP contribution in [0.25, 0.3) is 0 Å². The summed E-state index contributed by atoms with van der Waals surface area (Å²) in [6.45, 7) is 2.18. The van der Waals surface area contributed by atoms with E-state index in [1.807, 2.05) is 36.5 Å². The van der Waals surface area contributed by atoms with E-state index >= 15 is 0 Å². The molecule has 1 heterocycles. The largest absolute Gasteiger partial charge is 0.333 e. The molecule has 1 aliphatic heterocycles. The van der Waals surface area contributed by atoms with Crippen molar-refractivity contribution in [3.63, 3.8) is 0 Å². The van der Waals surface area contributed by atoms with Crippen LogP contribution in [-0.2, 0) is 0 Å². The van der Waals surface area contributed by atoms with Crippen LogP contribution < -0.4 is 16.4 Å². The second-order valence-electron chi connectivity index (χ2n) is 5.89. The number of halogens is 1. The molecule has 0 spiro atoms. The fraction of sp³-hybridized carbons (Fsp3) is 0.438. The smallest absolute Gasteiger partial charge is 0.202 e. The molecule has 120 valence electrons. The summed E-state index contributed by atoms with van der Waals surface area (Å²) in [7, 11) is 4.14. The number of para-hydroxylation sites is 1. The van der Waals surface area contributed by atoms with Crippen molar-refractivity contribution in [2.45, 2.75) is 31.5 Å². The molecule has 22 heavy (non-hydrogen) atoms. The predicted molar refractivity (Wildman–Crippen MR) is 94.1 cm³/mol. The Bertz CT molecular complexity index is 569. The van der Waals surface area contributed by atoms with E-state index in [0.717, 1.165) is 18.5 Å². The minimum Gasteiger partial charge on any atom is -0.333 e. The molecular weight excluding hydrogens is 298 g/mol. The molecule has 2 unspecified atom stereocenters. The predicted octanol–water partition coefficient (Wildman–Crippen LogP) is 2.61. The highest BCUT2D eigenvalue weighted by molar-refractivity contribution is 6.33. The monoisotopic (exact) mass is 321 g/mol. The molecule has 0 bridgehead atoms. The van der Waals surface area contributed by atoms with Gasteiger partial charge in [-0.25, -0.2) is 4.99 Å². The summed E-state index contributed by atoms with van der Waals surface area (Å²) in [5.74, 6) is 0.607. The van der Waals surface area contributed by atoms with E-state index in [4.69, 9.17) is 17.3 Å². The number of anilines is 1. The number of hydrogen-bond acceptors (Lipinski definition) is 5. The van der Waals surface area contributed by atoms with Crippen LogP contribution in [0.4, 0.5) is 5.69 Å². The highest BCUT2D eigenvalue weighted by atomic mass is 35.5. The van der Waals surface area contributed by atoms with Crippen molar-refractivity contribution < 1.29 is 0 Å². The maximum atomic E-state index is 6.38. The number of nitrogens with two attached hydrogens (primary N) is 1. The third kappa shape index (κ3) is 4.47. The zero-order valence-corrected chi connectivity index (χ0v) is 14.1. The lowest BCUT2D eigenvalue weighted by molar-refractivity contribution is 0.278. The van der Waals surface area contributed by atoms with Gasteiger partial charge < -0.3 is 21.3 Å². The van der Waals surface area contributed by atoms with Gasteiger partial charge in [0, 0.05) is 12.2 Å². The van der Waals surface area contributed by atoms with Gasteiger partial charge >= 0.3 is 0 Å². The Hall–Kier alpha value is -1.56. The molecule has 4 N–H and O–H groups in total. The van der Waals surface area contributed by atoms with Gasteiger partial charge in [-0.2, -0.15) is 0 Å². The normalized spacial score (nSPS) is 22.2. The van der Waals surface area contributed by atoms with Gasteiger partial charge in [0.15, 0.2) is 0 Å². The number of nitrogens with zero attached hydrogens (tertiary/aromatic N) is 2. The SMILES string of the molecule is CC(CCC1(N)C=CNC(Nc2ccccc2Cl)=N1)N(C)C. The highest BCUT2D eigenvalue weighted by Gasteiger charge is 2.25. The number of guanidine groups is 1. The molecule has 1 aromatic rings. The van der Waals surface area contributed by atoms with Crippen molar-refractivity contribution in [3.05, 3.63) is 41.6 Å². The lowest BCUT2D eigenvalue weighted by Crippen LogP contribution is -2.44. The van der Waals surface area contributed by atoms with E-state index in [1.54, 1.807) is 0 Å². The van der Waals surface area contributed by atoms with Crippen molar-refractivity contribution in [3.8, 4) is 0 Å². The molecule has 0 fully saturated rings. The number of aliphatic imine (C=N–C) groups is 1. The van der Waals surface area contributed by atoms with Gasteiger partial charge in [-0.05, 0) is 52.1 Å². The molecule has 0 radical (unpaired) electrons. The van der Waals surface area contributed by atoms with Crippen molar-refractivity contribution in [1.29, 1.82) is 0 Å². The fourth-order valence-corrected chi connectivity index (χ4v) is 2.32. The van der Waals surface area contributed by atoms with Crippen molar-refractivity contribution in [1.82, 2.24) is 10.2 Å². The molecule has 1 aliphatic rings. The van der Waals surface area contributed by atoms with E-state index in [-0.39, 0.29) is 0 Å². The summed E-state index contributed by atoms with van der Waals surface area (Å²) in [6.07, 6.45) is 5.47. The van der Waals surface area contributed by atoms with Crippen LogP contribution in [0.3, 0.4) is 0 Å². The molecule has 0 amide bonds. The lowest BCUT2D eigenvalue weighted by Gasteiger charge is -2.29. The third-order valence-electron chi connectivity index (χ3n) is 3.88. The summed E-state index contributed by atoms with van der Waals surface area (Å²) in [6, 6.07) is 8.00. The van der Waals surface area contributed by atoms with E-state index in [0.29, 0.717) is 17.0 Å². The topological polar surface area (TPSA) is 65.7 Å². The Balaban J connectivity index is 2.04. The zero-order chi connectivity index (χ0) is 16.2. The first-order chi connectivity index (χ1) is 10.4. The molecule has 2 rings (SSSR count). The molecule has 5 nitrogen and oxygen atoms in total. The first-order valence-corrected chi connectivity index (χ1v) is 7.78. The quantitative estimate of drug-likeness (QED) is 0.780. The van der Waals surface area contributed by atoms with Gasteiger partial charge in [0.1, 0.15) is 5.66 Å². The third-order valence-corrected chi connectivity index (χ3v) is 4.21. The Labute approximate surface area is 137 Å². The second kappa shape index (κ2) is 7.13. The van der Waals surface area contributed by atoms with Gasteiger partial charge in [-0.15, -0.1) is 0 Å². The van der Waals surface area contributed by atoms with E-state index in [9.17, 15) is 0 Å². The average molecular weight is 322 g/mol. The van der Waals surface area contributed by atoms with Gasteiger partial charge in [-0.3, -0.25) is 0 Å². The molecule has 2 atom stereocenters. The van der Waals surface area contributed by atoms with Gasteiger partial charge in [0.2, 0.25) is 5.96 Å². The second-order valence-corrected chi connectivity index (χ2v) is 6.29. The van der Waals surface area contributed by atoms with Crippen LogP contribution in [0, 0.1) is 0 Å². The minimum absolute atomic E-state index is 0.457. The molecule has 0 aliphatic carbocycles. The molecule has 6 heteroatoms. The molecule has 0 aromatic heterocycles. The Morgan fingerprint density at radius 2 is 2.14 bits per heavy atom. The fourth-order valence-electron chi connectivity index (χ4n) is 2.13. The van der Waals surface area contributed by atoms with Gasteiger partial charge in [0.25, 0.3) is 0 Å². The van der Waals surface area contributed by atoms with E-state index in [1.165, 1.54) is 0 Å². The first kappa shape index (κ1) is 16.8. The summed E-state index contributed by atoms with van der Waals surface area (Å²) >= 11 is 6.15. The van der Waals surface area contributed by atoms with E-state index < -0.39 is 5.66 Å². The Kier molecular flexibility index (Phi) is 5.45. The summed E-state index contributed by atoms with van der Waals surface area (Å²) < 4.78 is 0. The summed E-state index contributed by atoms with van der Waals surface area (Å²) in [4.78, 5) is 6.77. The zero-order valence-electron chi connectivity index (χ0n) is 13.3. The molecule has 1 aromatic carbocycles.